The van der Waals surface area contributed by atoms with Gasteiger partial charge in [0.2, 0.25) is 5.91 Å². The van der Waals surface area contributed by atoms with Crippen molar-refractivity contribution in [2.24, 2.45) is 0 Å². The lowest BCUT2D eigenvalue weighted by Gasteiger charge is -2.20. The molecule has 0 radical (unpaired) electrons. The summed E-state index contributed by atoms with van der Waals surface area (Å²) in [5, 5.41) is 19.5. The van der Waals surface area contributed by atoms with E-state index in [4.69, 9.17) is 14.9 Å². The first kappa shape index (κ1) is 16.4. The summed E-state index contributed by atoms with van der Waals surface area (Å²) in [5.74, 6) is -2.95. The molecule has 0 aliphatic carbocycles. The Morgan fingerprint density at radius 1 is 1.22 bits per heavy atom. The Hall–Kier alpha value is -1.63. The van der Waals surface area contributed by atoms with Crippen LogP contribution in [0.3, 0.4) is 0 Å². The van der Waals surface area contributed by atoms with Crippen LogP contribution in [0.15, 0.2) is 0 Å². The number of hydrogen-bond acceptors (Lipinski definition) is 4. The molecule has 18 heavy (non-hydrogen) atoms. The number of hydrogen-bond donors (Lipinski definition) is 3. The zero-order chi connectivity index (χ0) is 14.3. The number of carboxylic acids is 2. The fraction of sp³-hybridized carbons (Fsp3) is 0.727. The Kier molecular flexibility index (Phi) is 6.32. The van der Waals surface area contributed by atoms with Crippen molar-refractivity contribution in [1.29, 1.82) is 0 Å². The minimum absolute atomic E-state index is 0.161. The molecule has 0 spiro atoms. The van der Waals surface area contributed by atoms with Crippen LogP contribution >= 0.6 is 0 Å². The van der Waals surface area contributed by atoms with Gasteiger partial charge in [-0.05, 0) is 27.2 Å². The smallest absolute Gasteiger partial charge is 0.326 e. The van der Waals surface area contributed by atoms with Gasteiger partial charge in [-0.1, -0.05) is 0 Å². The van der Waals surface area contributed by atoms with Crippen LogP contribution in [-0.2, 0) is 19.1 Å². The van der Waals surface area contributed by atoms with Crippen molar-refractivity contribution in [3.05, 3.63) is 0 Å². The second-order valence-corrected chi connectivity index (χ2v) is 4.79. The van der Waals surface area contributed by atoms with E-state index in [-0.39, 0.29) is 19.4 Å². The van der Waals surface area contributed by atoms with E-state index < -0.39 is 29.5 Å². The van der Waals surface area contributed by atoms with E-state index in [9.17, 15) is 14.4 Å². The molecule has 7 heteroatoms. The van der Waals surface area contributed by atoms with E-state index in [0.29, 0.717) is 0 Å². The molecule has 0 bridgehead atoms. The number of aliphatic carboxylic acids is 2. The van der Waals surface area contributed by atoms with Gasteiger partial charge in [0.05, 0.1) is 5.60 Å². The maximum atomic E-state index is 11.4. The molecule has 1 amide bonds. The number of amides is 1. The van der Waals surface area contributed by atoms with Gasteiger partial charge in [-0.3, -0.25) is 9.59 Å². The van der Waals surface area contributed by atoms with Gasteiger partial charge >= 0.3 is 11.9 Å². The van der Waals surface area contributed by atoms with E-state index in [1.165, 1.54) is 0 Å². The molecule has 0 saturated carbocycles. The lowest BCUT2D eigenvalue weighted by atomic mass is 10.1. The molecule has 0 rings (SSSR count). The third-order valence-corrected chi connectivity index (χ3v) is 1.92. The Balaban J connectivity index is 4.20. The molecule has 0 aliphatic heterocycles. The Morgan fingerprint density at radius 3 is 2.17 bits per heavy atom. The Morgan fingerprint density at radius 2 is 1.78 bits per heavy atom. The highest BCUT2D eigenvalue weighted by molar-refractivity contribution is 5.84. The molecule has 0 aromatic carbocycles. The van der Waals surface area contributed by atoms with Crippen LogP contribution in [-0.4, -0.2) is 46.3 Å². The second-order valence-electron chi connectivity index (χ2n) is 4.79. The quantitative estimate of drug-likeness (QED) is 0.605. The minimum atomic E-state index is -1.26. The SMILES string of the molecule is CC(C)(C)OCC(=O)NC(CCC(=O)O)C(=O)O. The van der Waals surface area contributed by atoms with Crippen molar-refractivity contribution in [3.63, 3.8) is 0 Å². The molecule has 0 saturated heterocycles. The number of carbonyl (C=O) groups excluding carboxylic acids is 1. The standard InChI is InChI=1S/C11H19NO6/c1-11(2,3)18-6-8(13)12-7(10(16)17)4-5-9(14)15/h7H,4-6H2,1-3H3,(H,12,13)(H,14,15)(H,16,17). The zero-order valence-corrected chi connectivity index (χ0v) is 10.7. The van der Waals surface area contributed by atoms with E-state index >= 15 is 0 Å². The first-order chi connectivity index (χ1) is 8.11. The first-order valence-electron chi connectivity index (χ1n) is 5.50. The van der Waals surface area contributed by atoms with E-state index in [2.05, 4.69) is 5.32 Å². The fourth-order valence-electron chi connectivity index (χ4n) is 1.04. The van der Waals surface area contributed by atoms with Crippen LogP contribution in [0.25, 0.3) is 0 Å². The van der Waals surface area contributed by atoms with Gasteiger partial charge in [-0.25, -0.2) is 4.79 Å². The lowest BCUT2D eigenvalue weighted by Crippen LogP contribution is -2.43. The largest absolute Gasteiger partial charge is 0.481 e. The molecule has 1 atom stereocenters. The van der Waals surface area contributed by atoms with Gasteiger partial charge in [0.1, 0.15) is 12.6 Å². The molecule has 0 fully saturated rings. The normalized spacial score (nSPS) is 12.8. The van der Waals surface area contributed by atoms with Gasteiger partial charge in [0.25, 0.3) is 0 Å². The molecule has 1 unspecified atom stereocenters. The third kappa shape index (κ3) is 8.51. The minimum Gasteiger partial charge on any atom is -0.481 e. The molecule has 0 aromatic heterocycles. The molecule has 0 aromatic rings. The predicted molar refractivity (Wildman–Crippen MR) is 62.1 cm³/mol. The highest BCUT2D eigenvalue weighted by Gasteiger charge is 2.22. The topological polar surface area (TPSA) is 113 Å². The van der Waals surface area contributed by atoms with Crippen LogP contribution in [0.5, 0.6) is 0 Å². The maximum absolute atomic E-state index is 11.4. The monoisotopic (exact) mass is 261 g/mol. The summed E-state index contributed by atoms with van der Waals surface area (Å²) in [6, 6.07) is -1.21. The Bertz CT molecular complexity index is 320. The summed E-state index contributed by atoms with van der Waals surface area (Å²) in [5.41, 5.74) is -0.503. The summed E-state index contributed by atoms with van der Waals surface area (Å²) in [7, 11) is 0. The maximum Gasteiger partial charge on any atom is 0.326 e. The molecular formula is C11H19NO6. The average Bonchev–Trinajstić information content (AvgIpc) is 2.19. The summed E-state index contributed by atoms with van der Waals surface area (Å²) in [4.78, 5) is 32.5. The van der Waals surface area contributed by atoms with Crippen LogP contribution in [0.1, 0.15) is 33.6 Å². The number of nitrogens with one attached hydrogen (secondary N) is 1. The lowest BCUT2D eigenvalue weighted by molar-refractivity contribution is -0.144. The van der Waals surface area contributed by atoms with E-state index in [1.807, 2.05) is 0 Å². The first-order valence-corrected chi connectivity index (χ1v) is 5.50. The van der Waals surface area contributed by atoms with Crippen molar-refractivity contribution >= 4 is 17.8 Å². The highest BCUT2D eigenvalue weighted by Crippen LogP contribution is 2.06. The zero-order valence-electron chi connectivity index (χ0n) is 10.7. The summed E-state index contributed by atoms with van der Waals surface area (Å²) in [6.07, 6.45) is -0.483. The highest BCUT2D eigenvalue weighted by atomic mass is 16.5. The van der Waals surface area contributed by atoms with Gasteiger partial charge in [-0.2, -0.15) is 0 Å². The van der Waals surface area contributed by atoms with Crippen LogP contribution in [0, 0.1) is 0 Å². The third-order valence-electron chi connectivity index (χ3n) is 1.92. The molecule has 3 N–H and O–H groups in total. The molecule has 104 valence electrons. The van der Waals surface area contributed by atoms with Crippen molar-refractivity contribution in [2.45, 2.75) is 45.3 Å². The fourth-order valence-corrected chi connectivity index (χ4v) is 1.04. The van der Waals surface area contributed by atoms with Gasteiger partial charge < -0.3 is 20.3 Å². The summed E-state index contributed by atoms with van der Waals surface area (Å²) < 4.78 is 5.18. The van der Waals surface area contributed by atoms with Gasteiger partial charge in [0.15, 0.2) is 0 Å². The number of carboxylic acid groups (broad SMARTS) is 2. The van der Waals surface area contributed by atoms with Gasteiger partial charge in [0, 0.05) is 6.42 Å². The van der Waals surface area contributed by atoms with Gasteiger partial charge in [-0.15, -0.1) is 0 Å². The summed E-state index contributed by atoms with van der Waals surface area (Å²) >= 11 is 0. The van der Waals surface area contributed by atoms with Crippen LogP contribution in [0.2, 0.25) is 0 Å². The molecule has 0 heterocycles. The molecular weight excluding hydrogens is 242 g/mol. The second kappa shape index (κ2) is 6.95. The predicted octanol–water partition coefficient (Wildman–Crippen LogP) is 0.236. The molecule has 7 nitrogen and oxygen atoms in total. The average molecular weight is 261 g/mol. The number of rotatable bonds is 7. The number of carbonyl (C=O) groups is 3. The van der Waals surface area contributed by atoms with Crippen LogP contribution < -0.4 is 5.32 Å². The molecule has 0 aliphatic rings. The van der Waals surface area contributed by atoms with Crippen LogP contribution in [0.4, 0.5) is 0 Å². The van der Waals surface area contributed by atoms with Crippen molar-refractivity contribution < 1.29 is 29.3 Å². The van der Waals surface area contributed by atoms with E-state index in [1.54, 1.807) is 20.8 Å². The summed E-state index contributed by atoms with van der Waals surface area (Å²) in [6.45, 7) is 5.03. The van der Waals surface area contributed by atoms with Crippen molar-refractivity contribution in [1.82, 2.24) is 5.32 Å². The van der Waals surface area contributed by atoms with Crippen molar-refractivity contribution in [2.75, 3.05) is 6.61 Å². The van der Waals surface area contributed by atoms with E-state index in [0.717, 1.165) is 0 Å². The number of ether oxygens (including phenoxy) is 1. The Labute approximate surface area is 105 Å². The van der Waals surface area contributed by atoms with Crippen molar-refractivity contribution in [3.8, 4) is 0 Å².